The second-order valence-corrected chi connectivity index (χ2v) is 11.2. The largest absolute Gasteiger partial charge is 0.334 e. The molecular formula is C28H26Cl4N4O. The van der Waals surface area contributed by atoms with Gasteiger partial charge >= 0.3 is 6.03 Å². The summed E-state index contributed by atoms with van der Waals surface area (Å²) in [5.41, 5.74) is 3.79. The number of likely N-dealkylation sites (tertiary alicyclic amines) is 1. The number of nitrogens with one attached hydrogen (secondary N) is 1. The van der Waals surface area contributed by atoms with Gasteiger partial charge in [0.2, 0.25) is 0 Å². The molecule has 1 spiro atoms. The van der Waals surface area contributed by atoms with Crippen LogP contribution >= 0.6 is 46.4 Å². The lowest BCUT2D eigenvalue weighted by Gasteiger charge is -2.39. The average Bonchev–Trinajstić information content (AvgIpc) is 3.18. The Bertz CT molecular complexity index is 1320. The van der Waals surface area contributed by atoms with E-state index in [1.807, 2.05) is 42.5 Å². The van der Waals surface area contributed by atoms with Gasteiger partial charge in [-0.1, -0.05) is 70.7 Å². The molecule has 1 N–H and O–H groups in total. The van der Waals surface area contributed by atoms with Gasteiger partial charge in [-0.3, -0.25) is 9.80 Å². The molecule has 2 aromatic carbocycles. The fourth-order valence-electron chi connectivity index (χ4n) is 5.17. The predicted molar refractivity (Wildman–Crippen MR) is 153 cm³/mol. The normalized spacial score (nSPS) is 16.9. The molecule has 2 aliphatic heterocycles. The molecule has 0 atom stereocenters. The Morgan fingerprint density at radius 3 is 2.46 bits per heavy atom. The lowest BCUT2D eigenvalue weighted by molar-refractivity contribution is 0.180. The van der Waals surface area contributed by atoms with Crippen LogP contribution in [0.3, 0.4) is 0 Å². The van der Waals surface area contributed by atoms with Gasteiger partial charge in [-0.2, -0.15) is 0 Å². The van der Waals surface area contributed by atoms with Crippen molar-refractivity contribution in [3.05, 3.63) is 97.7 Å². The smallest absolute Gasteiger partial charge is 0.322 e. The number of hydrogen-bond donors (Lipinski definition) is 1. The van der Waals surface area contributed by atoms with E-state index >= 15 is 0 Å². The first-order valence-corrected chi connectivity index (χ1v) is 13.6. The lowest BCUT2D eigenvalue weighted by Crippen LogP contribution is -2.47. The maximum Gasteiger partial charge on any atom is 0.322 e. The zero-order chi connectivity index (χ0) is 26.0. The molecular weight excluding hydrogens is 550 g/mol. The third-order valence-corrected chi connectivity index (χ3v) is 8.38. The molecule has 3 heterocycles. The molecule has 9 heteroatoms. The number of urea groups is 1. The van der Waals surface area contributed by atoms with E-state index < -0.39 is 0 Å². The number of nitrogens with zero attached hydrogens (tertiary/aromatic N) is 3. The topological polar surface area (TPSA) is 48.5 Å². The van der Waals surface area contributed by atoms with E-state index in [-0.39, 0.29) is 11.4 Å². The summed E-state index contributed by atoms with van der Waals surface area (Å²) in [5, 5.41) is 5.11. The summed E-state index contributed by atoms with van der Waals surface area (Å²) in [5.74, 6) is 0. The molecule has 0 saturated carbocycles. The van der Waals surface area contributed by atoms with Crippen molar-refractivity contribution < 1.29 is 4.79 Å². The summed E-state index contributed by atoms with van der Waals surface area (Å²) in [6, 6.07) is 15.0. The first kappa shape index (κ1) is 26.3. The van der Waals surface area contributed by atoms with E-state index in [1.54, 1.807) is 17.2 Å². The fraction of sp³-hybridized carbons (Fsp3) is 0.286. The van der Waals surface area contributed by atoms with Crippen molar-refractivity contribution in [2.75, 3.05) is 31.1 Å². The Hall–Kier alpha value is -2.28. The van der Waals surface area contributed by atoms with Crippen LogP contribution in [0.25, 0.3) is 6.08 Å². The Morgan fingerprint density at radius 1 is 1.00 bits per heavy atom. The van der Waals surface area contributed by atoms with Crippen LogP contribution in [-0.4, -0.2) is 42.1 Å². The predicted octanol–water partition coefficient (Wildman–Crippen LogP) is 7.47. The Labute approximate surface area is 237 Å². The van der Waals surface area contributed by atoms with Gasteiger partial charge in [-0.05, 0) is 79.0 Å². The van der Waals surface area contributed by atoms with Gasteiger partial charge in [0.25, 0.3) is 0 Å². The monoisotopic (exact) mass is 574 g/mol. The number of anilines is 1. The van der Waals surface area contributed by atoms with Gasteiger partial charge in [-0.25, -0.2) is 9.78 Å². The first-order chi connectivity index (χ1) is 17.8. The van der Waals surface area contributed by atoms with Gasteiger partial charge in [0.15, 0.2) is 0 Å². The van der Waals surface area contributed by atoms with Crippen molar-refractivity contribution >= 4 is 64.2 Å². The molecule has 192 valence electrons. The number of piperidine rings is 1. The molecule has 1 saturated heterocycles. The molecule has 1 aromatic heterocycles. The molecule has 0 radical (unpaired) electrons. The highest BCUT2D eigenvalue weighted by Gasteiger charge is 2.46. The molecule has 3 aromatic rings. The van der Waals surface area contributed by atoms with Crippen LogP contribution < -0.4 is 10.2 Å². The number of fused-ring (bicyclic) bond motifs is 2. The number of hydrogen-bond acceptors (Lipinski definition) is 3. The summed E-state index contributed by atoms with van der Waals surface area (Å²) in [6.07, 6.45) is 7.79. The van der Waals surface area contributed by atoms with E-state index in [1.165, 1.54) is 0 Å². The first-order valence-electron chi connectivity index (χ1n) is 12.1. The van der Waals surface area contributed by atoms with Crippen molar-refractivity contribution in [2.24, 2.45) is 0 Å². The second-order valence-electron chi connectivity index (χ2n) is 9.55. The maximum absolute atomic E-state index is 13.3. The third-order valence-electron chi connectivity index (χ3n) is 7.20. The van der Waals surface area contributed by atoms with Gasteiger partial charge in [0.05, 0.1) is 15.7 Å². The number of pyridine rings is 1. The van der Waals surface area contributed by atoms with Crippen molar-refractivity contribution in [3.63, 3.8) is 0 Å². The highest BCUT2D eigenvalue weighted by atomic mass is 35.5. The Morgan fingerprint density at radius 2 is 1.73 bits per heavy atom. The van der Waals surface area contributed by atoms with Gasteiger partial charge in [0.1, 0.15) is 5.15 Å². The number of aromatic nitrogens is 1. The molecule has 0 aliphatic carbocycles. The van der Waals surface area contributed by atoms with Gasteiger partial charge in [0, 0.05) is 36.3 Å². The Kier molecular flexibility index (Phi) is 7.99. The summed E-state index contributed by atoms with van der Waals surface area (Å²) in [4.78, 5) is 21.5. The van der Waals surface area contributed by atoms with Crippen LogP contribution in [0.5, 0.6) is 0 Å². The molecule has 37 heavy (non-hydrogen) atoms. The summed E-state index contributed by atoms with van der Waals surface area (Å²) >= 11 is 24.8. The molecule has 5 nitrogen and oxygen atoms in total. The van der Waals surface area contributed by atoms with Crippen LogP contribution in [0.4, 0.5) is 10.5 Å². The van der Waals surface area contributed by atoms with E-state index in [0.29, 0.717) is 28.3 Å². The number of benzene rings is 2. The standard InChI is InChI=1S/C28H26Cl4N4O/c29-21-5-3-19(4-6-21)2-1-11-35-12-8-28(9-13-35)18-36(25-16-24(31)23(30)15-22(25)28)27(37)34-17-20-7-10-33-26(32)14-20/h1-7,10,14-16H,8-9,11-13,17-18H2,(H,34,37)/b2-1+. The maximum atomic E-state index is 13.3. The van der Waals surface area contributed by atoms with E-state index in [9.17, 15) is 4.79 Å². The third kappa shape index (κ3) is 5.92. The van der Waals surface area contributed by atoms with Crippen LogP contribution in [0.15, 0.2) is 60.8 Å². The van der Waals surface area contributed by atoms with E-state index in [4.69, 9.17) is 46.4 Å². The van der Waals surface area contributed by atoms with Crippen molar-refractivity contribution in [1.29, 1.82) is 0 Å². The molecule has 2 amide bonds. The molecule has 5 rings (SSSR count). The SMILES string of the molecule is O=C(NCc1ccnc(Cl)c1)N1CC2(CCN(C/C=C/c3ccc(Cl)cc3)CC2)c2cc(Cl)c(Cl)cc21. The highest BCUT2D eigenvalue weighted by molar-refractivity contribution is 6.42. The van der Waals surface area contributed by atoms with Crippen LogP contribution in [0, 0.1) is 0 Å². The van der Waals surface area contributed by atoms with Crippen molar-refractivity contribution in [3.8, 4) is 0 Å². The summed E-state index contributed by atoms with van der Waals surface area (Å²) in [7, 11) is 0. The zero-order valence-electron chi connectivity index (χ0n) is 20.1. The zero-order valence-corrected chi connectivity index (χ0v) is 23.1. The molecule has 2 aliphatic rings. The number of amides is 2. The van der Waals surface area contributed by atoms with Gasteiger partial charge in [-0.15, -0.1) is 0 Å². The van der Waals surface area contributed by atoms with E-state index in [2.05, 4.69) is 27.4 Å². The molecule has 0 unspecified atom stereocenters. The quantitative estimate of drug-likeness (QED) is 0.321. The van der Waals surface area contributed by atoms with E-state index in [0.717, 1.165) is 59.9 Å². The lowest BCUT2D eigenvalue weighted by atomic mass is 9.74. The molecule has 1 fully saturated rings. The number of carbonyl (C=O) groups is 1. The number of rotatable bonds is 5. The minimum absolute atomic E-state index is 0.155. The van der Waals surface area contributed by atoms with Crippen LogP contribution in [-0.2, 0) is 12.0 Å². The minimum Gasteiger partial charge on any atom is -0.334 e. The van der Waals surface area contributed by atoms with Crippen molar-refractivity contribution in [1.82, 2.24) is 15.2 Å². The summed E-state index contributed by atoms with van der Waals surface area (Å²) in [6.45, 7) is 3.67. The second kappa shape index (κ2) is 11.2. The number of carbonyl (C=O) groups excluding carboxylic acids is 1. The minimum atomic E-state index is -0.169. The summed E-state index contributed by atoms with van der Waals surface area (Å²) < 4.78 is 0. The fourth-order valence-corrected chi connectivity index (χ4v) is 5.81. The molecule has 0 bridgehead atoms. The highest BCUT2D eigenvalue weighted by Crippen LogP contribution is 2.49. The Balaban J connectivity index is 1.27. The van der Waals surface area contributed by atoms with Crippen molar-refractivity contribution in [2.45, 2.75) is 24.8 Å². The van der Waals surface area contributed by atoms with Crippen LogP contribution in [0.2, 0.25) is 20.2 Å². The van der Waals surface area contributed by atoms with Gasteiger partial charge < -0.3 is 5.32 Å². The average molecular weight is 576 g/mol. The number of halogens is 4. The van der Waals surface area contributed by atoms with Crippen LogP contribution in [0.1, 0.15) is 29.5 Å².